The molecule has 1 aromatic carbocycles. The van der Waals surface area contributed by atoms with E-state index in [1.54, 1.807) is 0 Å². The molecule has 1 rings (SSSR count). The van der Waals surface area contributed by atoms with E-state index in [2.05, 4.69) is 70.3 Å². The largest absolute Gasteiger partial charge is 0.381 e. The minimum Gasteiger partial charge on any atom is -0.381 e. The van der Waals surface area contributed by atoms with Gasteiger partial charge in [0.15, 0.2) is 0 Å². The van der Waals surface area contributed by atoms with Gasteiger partial charge >= 0.3 is 0 Å². The molecule has 0 aliphatic rings. The van der Waals surface area contributed by atoms with Gasteiger partial charge in [0.2, 0.25) is 0 Å². The van der Waals surface area contributed by atoms with E-state index in [4.69, 9.17) is 4.74 Å². The van der Waals surface area contributed by atoms with E-state index in [0.29, 0.717) is 12.0 Å². The Morgan fingerprint density at radius 1 is 1.10 bits per heavy atom. The van der Waals surface area contributed by atoms with Gasteiger partial charge in [-0.25, -0.2) is 0 Å². The molecular formula is C19H33NO. The normalized spacial score (nSPS) is 13.6. The second-order valence-corrected chi connectivity index (χ2v) is 7.13. The monoisotopic (exact) mass is 291 g/mol. The Kier molecular flexibility index (Phi) is 7.98. The van der Waals surface area contributed by atoms with Gasteiger partial charge in [-0.3, -0.25) is 0 Å². The van der Waals surface area contributed by atoms with E-state index in [1.165, 1.54) is 5.56 Å². The number of rotatable bonds is 10. The average molecular weight is 291 g/mol. The summed E-state index contributed by atoms with van der Waals surface area (Å²) in [6.45, 7) is 14.1. The number of hydrogen-bond donors (Lipinski definition) is 1. The van der Waals surface area contributed by atoms with Crippen molar-refractivity contribution >= 4 is 0 Å². The summed E-state index contributed by atoms with van der Waals surface area (Å²) in [4.78, 5) is 0. The smallest absolute Gasteiger partial charge is 0.0489 e. The van der Waals surface area contributed by atoms with Crippen LogP contribution in [0.2, 0.25) is 0 Å². The van der Waals surface area contributed by atoms with Crippen LogP contribution in [0.25, 0.3) is 0 Å². The van der Waals surface area contributed by atoms with Gasteiger partial charge in [0.05, 0.1) is 0 Å². The van der Waals surface area contributed by atoms with E-state index >= 15 is 0 Å². The summed E-state index contributed by atoms with van der Waals surface area (Å²) in [6.07, 6.45) is 2.23. The molecule has 0 radical (unpaired) electrons. The third kappa shape index (κ3) is 7.63. The highest BCUT2D eigenvalue weighted by molar-refractivity contribution is 5.23. The van der Waals surface area contributed by atoms with Gasteiger partial charge in [-0.15, -0.1) is 0 Å². The Balaban J connectivity index is 2.22. The minimum absolute atomic E-state index is 0.210. The first-order valence-corrected chi connectivity index (χ1v) is 8.28. The Labute approximate surface area is 131 Å². The molecule has 1 atom stereocenters. The maximum absolute atomic E-state index is 5.61. The molecule has 0 aliphatic heterocycles. The summed E-state index contributed by atoms with van der Waals surface area (Å²) < 4.78 is 5.61. The lowest BCUT2D eigenvalue weighted by Gasteiger charge is -2.29. The zero-order valence-corrected chi connectivity index (χ0v) is 14.5. The van der Waals surface area contributed by atoms with Crippen LogP contribution in [-0.4, -0.2) is 25.8 Å². The zero-order valence-electron chi connectivity index (χ0n) is 14.5. The molecule has 0 fully saturated rings. The molecule has 0 amide bonds. The van der Waals surface area contributed by atoms with Crippen molar-refractivity contribution < 1.29 is 4.74 Å². The quantitative estimate of drug-likeness (QED) is 0.645. The highest BCUT2D eigenvalue weighted by atomic mass is 16.5. The fourth-order valence-electron chi connectivity index (χ4n) is 2.69. The van der Waals surface area contributed by atoms with Gasteiger partial charge < -0.3 is 10.1 Å². The third-order valence-electron chi connectivity index (χ3n) is 3.78. The molecule has 2 nitrogen and oxygen atoms in total. The average Bonchev–Trinajstić information content (AvgIpc) is 2.43. The third-order valence-corrected chi connectivity index (χ3v) is 3.78. The number of hydrogen-bond acceptors (Lipinski definition) is 2. The minimum atomic E-state index is 0.210. The maximum atomic E-state index is 5.61. The number of nitrogens with one attached hydrogen (secondary N) is 1. The van der Waals surface area contributed by atoms with Crippen LogP contribution in [0.4, 0.5) is 0 Å². The van der Waals surface area contributed by atoms with Gasteiger partial charge in [0, 0.05) is 19.3 Å². The summed E-state index contributed by atoms with van der Waals surface area (Å²) in [5.41, 5.74) is 1.63. The summed E-state index contributed by atoms with van der Waals surface area (Å²) in [6, 6.07) is 11.3. The fraction of sp³-hybridized carbons (Fsp3) is 0.684. The summed E-state index contributed by atoms with van der Waals surface area (Å²) >= 11 is 0. The van der Waals surface area contributed by atoms with Gasteiger partial charge in [0.1, 0.15) is 0 Å². The van der Waals surface area contributed by atoms with Crippen molar-refractivity contribution in [2.75, 3.05) is 19.8 Å². The van der Waals surface area contributed by atoms with E-state index in [9.17, 15) is 0 Å². The Morgan fingerprint density at radius 2 is 1.76 bits per heavy atom. The number of ether oxygens (including phenoxy) is 1. The van der Waals surface area contributed by atoms with E-state index < -0.39 is 0 Å². The first kappa shape index (κ1) is 18.2. The molecule has 21 heavy (non-hydrogen) atoms. The molecular weight excluding hydrogens is 258 g/mol. The lowest BCUT2D eigenvalue weighted by Crippen LogP contribution is -2.34. The zero-order chi connectivity index (χ0) is 15.7. The first-order valence-electron chi connectivity index (χ1n) is 8.28. The first-order chi connectivity index (χ1) is 9.92. The summed E-state index contributed by atoms with van der Waals surface area (Å²) in [7, 11) is 0. The number of benzene rings is 1. The molecule has 0 aromatic heterocycles. The van der Waals surface area contributed by atoms with E-state index in [0.717, 1.165) is 32.6 Å². The molecule has 120 valence electrons. The molecule has 0 heterocycles. The van der Waals surface area contributed by atoms with Crippen molar-refractivity contribution in [3.63, 3.8) is 0 Å². The van der Waals surface area contributed by atoms with E-state index in [1.807, 2.05) is 0 Å². The van der Waals surface area contributed by atoms with Crippen molar-refractivity contribution in [2.24, 2.45) is 5.92 Å². The summed E-state index contributed by atoms with van der Waals surface area (Å²) in [5.74, 6) is 0.628. The van der Waals surface area contributed by atoms with Crippen LogP contribution in [0.3, 0.4) is 0 Å². The molecule has 1 N–H and O–H groups in total. The second kappa shape index (κ2) is 9.22. The van der Waals surface area contributed by atoms with Crippen molar-refractivity contribution in [1.29, 1.82) is 0 Å². The molecule has 0 aliphatic carbocycles. The van der Waals surface area contributed by atoms with E-state index in [-0.39, 0.29) is 5.41 Å². The van der Waals surface area contributed by atoms with Crippen LogP contribution >= 0.6 is 0 Å². The molecule has 0 saturated carbocycles. The van der Waals surface area contributed by atoms with Crippen LogP contribution in [-0.2, 0) is 10.2 Å². The predicted octanol–water partition coefficient (Wildman–Crippen LogP) is 4.40. The van der Waals surface area contributed by atoms with Crippen LogP contribution in [0.15, 0.2) is 30.3 Å². The van der Waals surface area contributed by atoms with Crippen molar-refractivity contribution in [2.45, 2.75) is 58.9 Å². The van der Waals surface area contributed by atoms with Crippen LogP contribution in [0.1, 0.15) is 53.0 Å². The highest BCUT2D eigenvalue weighted by Gasteiger charge is 2.22. The van der Waals surface area contributed by atoms with Crippen LogP contribution in [0, 0.1) is 5.92 Å². The molecule has 0 saturated heterocycles. The molecule has 2 heteroatoms. The van der Waals surface area contributed by atoms with Crippen molar-refractivity contribution in [3.8, 4) is 0 Å². The van der Waals surface area contributed by atoms with Gasteiger partial charge in [-0.05, 0) is 43.2 Å². The molecule has 1 unspecified atom stereocenters. The van der Waals surface area contributed by atoms with Gasteiger partial charge in [-0.1, -0.05) is 58.0 Å². The standard InChI is InChI=1S/C19H33NO/c1-16(2)15-21-13-9-12-20-17(3)14-19(4,5)18-10-7-6-8-11-18/h6-8,10-11,16-17,20H,9,12-15H2,1-5H3. The highest BCUT2D eigenvalue weighted by Crippen LogP contribution is 2.27. The van der Waals surface area contributed by atoms with Crippen molar-refractivity contribution in [3.05, 3.63) is 35.9 Å². The van der Waals surface area contributed by atoms with Crippen molar-refractivity contribution in [1.82, 2.24) is 5.32 Å². The predicted molar refractivity (Wildman–Crippen MR) is 91.8 cm³/mol. The molecule has 0 spiro atoms. The Bertz CT molecular complexity index is 372. The SMILES string of the molecule is CC(C)COCCCNC(C)CC(C)(C)c1ccccc1. The lowest BCUT2D eigenvalue weighted by molar-refractivity contribution is 0.107. The van der Waals surface area contributed by atoms with Gasteiger partial charge in [-0.2, -0.15) is 0 Å². The molecule has 0 bridgehead atoms. The summed E-state index contributed by atoms with van der Waals surface area (Å²) in [5, 5.41) is 3.62. The lowest BCUT2D eigenvalue weighted by atomic mass is 9.79. The Hall–Kier alpha value is -0.860. The maximum Gasteiger partial charge on any atom is 0.0489 e. The van der Waals surface area contributed by atoms with Crippen LogP contribution < -0.4 is 5.32 Å². The second-order valence-electron chi connectivity index (χ2n) is 7.13. The van der Waals surface area contributed by atoms with Gasteiger partial charge in [0.25, 0.3) is 0 Å². The fourth-order valence-corrected chi connectivity index (χ4v) is 2.69. The Morgan fingerprint density at radius 3 is 2.38 bits per heavy atom. The van der Waals surface area contributed by atoms with Crippen LogP contribution in [0.5, 0.6) is 0 Å². The molecule has 1 aromatic rings. The topological polar surface area (TPSA) is 21.3 Å².